The van der Waals surface area contributed by atoms with Gasteiger partial charge in [-0.25, -0.2) is 16.8 Å². The van der Waals surface area contributed by atoms with Gasteiger partial charge >= 0.3 is 0 Å². The summed E-state index contributed by atoms with van der Waals surface area (Å²) in [6.45, 7) is 0. The minimum Gasteiger partial charge on any atom is -0.744 e. The van der Waals surface area contributed by atoms with Crippen LogP contribution in [0.4, 0.5) is 0 Å². The van der Waals surface area contributed by atoms with Crippen LogP contribution in [0.1, 0.15) is 0 Å². The molecule has 0 aliphatic rings. The molecule has 0 aromatic heterocycles. The normalized spacial score (nSPS) is 12.2. The fourth-order valence-corrected chi connectivity index (χ4v) is 2.61. The minimum atomic E-state index is -4.99. The van der Waals surface area contributed by atoms with Crippen molar-refractivity contribution in [1.29, 1.82) is 0 Å². The first-order chi connectivity index (χ1) is 8.11. The largest absolute Gasteiger partial charge is 0.744 e. The van der Waals surface area contributed by atoms with Gasteiger partial charge in [0.15, 0.2) is 0 Å². The molecule has 0 saturated heterocycles. The number of hydrogen-bond acceptors (Lipinski definition) is 8. The average molecular weight is 296 g/mol. The van der Waals surface area contributed by atoms with E-state index in [1.807, 2.05) is 0 Å². The van der Waals surface area contributed by atoms with Gasteiger partial charge in [0.05, 0.1) is 24.0 Å². The molecule has 0 unspecified atom stereocenters. The van der Waals surface area contributed by atoms with Gasteiger partial charge in [-0.05, 0) is 6.07 Å². The highest BCUT2D eigenvalue weighted by Crippen LogP contribution is 2.34. The predicted molar refractivity (Wildman–Crippen MR) is 55.5 cm³/mol. The van der Waals surface area contributed by atoms with Crippen LogP contribution >= 0.6 is 0 Å². The van der Waals surface area contributed by atoms with E-state index in [0.29, 0.717) is 6.07 Å². The number of benzene rings is 1. The Kier molecular flexibility index (Phi) is 3.86. The Morgan fingerprint density at radius 1 is 0.833 bits per heavy atom. The van der Waals surface area contributed by atoms with Crippen molar-refractivity contribution in [2.45, 2.75) is 9.79 Å². The first kappa shape index (κ1) is 14.7. The summed E-state index contributed by atoms with van der Waals surface area (Å²) < 4.78 is 74.8. The van der Waals surface area contributed by atoms with Crippen LogP contribution in [0.25, 0.3) is 0 Å². The Morgan fingerprint density at radius 3 is 1.39 bits per heavy atom. The third-order valence-electron chi connectivity index (χ3n) is 1.99. The van der Waals surface area contributed by atoms with Gasteiger partial charge in [-0.3, -0.25) is 0 Å². The summed E-state index contributed by atoms with van der Waals surface area (Å²) in [6, 6.07) is 1.26. The molecule has 0 aliphatic heterocycles. The molecule has 0 aliphatic carbocycles. The summed E-state index contributed by atoms with van der Waals surface area (Å²) in [5.41, 5.74) is 0. The molecule has 8 nitrogen and oxygen atoms in total. The third-order valence-corrected chi connectivity index (χ3v) is 3.70. The first-order valence-corrected chi connectivity index (χ1v) is 7.10. The predicted octanol–water partition coefficient (Wildman–Crippen LogP) is -0.488. The van der Waals surface area contributed by atoms with Crippen LogP contribution in [0.2, 0.25) is 0 Å². The van der Waals surface area contributed by atoms with E-state index < -0.39 is 41.5 Å². The van der Waals surface area contributed by atoms with Gasteiger partial charge in [0, 0.05) is 6.07 Å². The van der Waals surface area contributed by atoms with E-state index in [-0.39, 0.29) is 0 Å². The van der Waals surface area contributed by atoms with Crippen molar-refractivity contribution in [3.8, 4) is 11.5 Å². The molecule has 10 heteroatoms. The lowest BCUT2D eigenvalue weighted by molar-refractivity contribution is 0.372. The van der Waals surface area contributed by atoms with E-state index in [0.717, 1.165) is 20.3 Å². The fraction of sp³-hybridized carbons (Fsp3) is 0.250. The zero-order valence-corrected chi connectivity index (χ0v) is 10.9. The lowest BCUT2D eigenvalue weighted by atomic mass is 10.3. The number of ether oxygens (including phenoxy) is 2. The number of hydrogen-bond donors (Lipinski definition) is 0. The van der Waals surface area contributed by atoms with Crippen LogP contribution in [0.5, 0.6) is 11.5 Å². The highest BCUT2D eigenvalue weighted by molar-refractivity contribution is 7.86. The highest BCUT2D eigenvalue weighted by atomic mass is 32.2. The molecule has 0 amide bonds. The Balaban J connectivity index is 3.76. The molecule has 0 atom stereocenters. The molecule has 18 heavy (non-hydrogen) atoms. The van der Waals surface area contributed by atoms with Gasteiger partial charge in [-0.2, -0.15) is 0 Å². The molecule has 0 radical (unpaired) electrons. The van der Waals surface area contributed by atoms with Crippen molar-refractivity contribution >= 4 is 20.2 Å². The summed E-state index contributed by atoms with van der Waals surface area (Å²) in [7, 11) is -7.82. The molecule has 0 heterocycles. The molecular weight excluding hydrogens is 288 g/mol. The Labute approximate surface area is 104 Å². The van der Waals surface area contributed by atoms with Crippen molar-refractivity contribution in [1.82, 2.24) is 0 Å². The van der Waals surface area contributed by atoms with Gasteiger partial charge in [0.1, 0.15) is 31.7 Å². The Hall–Kier alpha value is -1.36. The lowest BCUT2D eigenvalue weighted by Gasteiger charge is -2.17. The second-order valence-electron chi connectivity index (χ2n) is 3.06. The standard InChI is InChI=1S/C8H10O8S2/c1-15-5-3-6(16-2)8(18(12,13)14)4-7(5)17(9,10)11/h3-4H,1-2H3,(H,9,10,11)(H,12,13,14)/p-2. The monoisotopic (exact) mass is 296 g/mol. The van der Waals surface area contributed by atoms with Gasteiger partial charge in [-0.15, -0.1) is 0 Å². The van der Waals surface area contributed by atoms with Crippen molar-refractivity contribution in [3.05, 3.63) is 12.1 Å². The van der Waals surface area contributed by atoms with Crippen LogP contribution in [0, 0.1) is 0 Å². The smallest absolute Gasteiger partial charge is 0.140 e. The Morgan fingerprint density at radius 2 is 1.17 bits per heavy atom. The maximum atomic E-state index is 10.9. The lowest BCUT2D eigenvalue weighted by Crippen LogP contribution is -2.07. The van der Waals surface area contributed by atoms with Gasteiger partial charge in [0.25, 0.3) is 0 Å². The van der Waals surface area contributed by atoms with Crippen LogP contribution in [-0.2, 0) is 20.2 Å². The summed E-state index contributed by atoms with van der Waals surface area (Å²) in [5.74, 6) is -0.816. The molecule has 1 aromatic carbocycles. The van der Waals surface area contributed by atoms with Crippen LogP contribution in [0.3, 0.4) is 0 Å². The molecule has 0 spiro atoms. The Bertz CT molecular complexity index is 603. The van der Waals surface area contributed by atoms with Crippen LogP contribution in [0.15, 0.2) is 21.9 Å². The van der Waals surface area contributed by atoms with Gasteiger partial charge in [0.2, 0.25) is 0 Å². The average Bonchev–Trinajstić information content (AvgIpc) is 2.24. The maximum absolute atomic E-state index is 10.9. The molecular formula is C8H8O8S2-2. The molecule has 0 bridgehead atoms. The number of methoxy groups -OCH3 is 2. The maximum Gasteiger partial charge on any atom is 0.140 e. The molecule has 1 aromatic rings. The topological polar surface area (TPSA) is 133 Å². The van der Waals surface area contributed by atoms with Crippen LogP contribution < -0.4 is 9.47 Å². The number of rotatable bonds is 4. The molecule has 0 N–H and O–H groups in total. The zero-order valence-electron chi connectivity index (χ0n) is 9.24. The van der Waals surface area contributed by atoms with Gasteiger partial charge < -0.3 is 18.6 Å². The van der Waals surface area contributed by atoms with Crippen molar-refractivity contribution < 1.29 is 35.4 Å². The van der Waals surface area contributed by atoms with Crippen LogP contribution in [-0.4, -0.2) is 40.2 Å². The zero-order chi connectivity index (χ0) is 14.1. The molecule has 1 rings (SSSR count). The molecule has 102 valence electrons. The summed E-state index contributed by atoms with van der Waals surface area (Å²) >= 11 is 0. The first-order valence-electron chi connectivity index (χ1n) is 4.29. The summed E-state index contributed by atoms with van der Waals surface area (Å²) in [4.78, 5) is -1.89. The van der Waals surface area contributed by atoms with Crippen molar-refractivity contribution in [2.24, 2.45) is 0 Å². The quantitative estimate of drug-likeness (QED) is 0.680. The SMILES string of the molecule is COc1cc(OC)c(S(=O)(=O)[O-])cc1S(=O)(=O)[O-]. The molecule has 0 saturated carbocycles. The van der Waals surface area contributed by atoms with Gasteiger partial charge in [-0.1, -0.05) is 0 Å². The minimum absolute atomic E-state index is 0.408. The fourth-order valence-electron chi connectivity index (χ4n) is 1.23. The van der Waals surface area contributed by atoms with Crippen molar-refractivity contribution in [2.75, 3.05) is 14.2 Å². The summed E-state index contributed by atoms with van der Waals surface area (Å²) in [5, 5.41) is 0. The van der Waals surface area contributed by atoms with E-state index >= 15 is 0 Å². The highest BCUT2D eigenvalue weighted by Gasteiger charge is 2.19. The van der Waals surface area contributed by atoms with E-state index in [2.05, 4.69) is 9.47 Å². The summed E-state index contributed by atoms with van der Waals surface area (Å²) in [6.07, 6.45) is 0. The van der Waals surface area contributed by atoms with E-state index in [1.54, 1.807) is 0 Å². The van der Waals surface area contributed by atoms with E-state index in [4.69, 9.17) is 0 Å². The van der Waals surface area contributed by atoms with E-state index in [1.165, 1.54) is 0 Å². The third kappa shape index (κ3) is 2.90. The second-order valence-corrected chi connectivity index (χ2v) is 5.76. The molecule has 0 fully saturated rings. The van der Waals surface area contributed by atoms with Crippen molar-refractivity contribution in [3.63, 3.8) is 0 Å². The second kappa shape index (κ2) is 4.72. The van der Waals surface area contributed by atoms with E-state index in [9.17, 15) is 25.9 Å².